The lowest BCUT2D eigenvalue weighted by molar-refractivity contribution is 0.338. The first kappa shape index (κ1) is 18.0. The summed E-state index contributed by atoms with van der Waals surface area (Å²) in [6, 6.07) is 27.4. The lowest BCUT2D eigenvalue weighted by Crippen LogP contribution is -2.47. The van der Waals surface area contributed by atoms with E-state index in [0.717, 1.165) is 17.9 Å². The van der Waals surface area contributed by atoms with Gasteiger partial charge in [-0.15, -0.1) is 6.58 Å². The molecule has 0 aliphatic heterocycles. The van der Waals surface area contributed by atoms with Crippen molar-refractivity contribution in [2.45, 2.75) is 6.42 Å². The SMILES string of the molecule is C=CCc1ccc(OC[SiH](c2ccccc2)c2ccccc2)c(OC)c1. The smallest absolute Gasteiger partial charge is 0.160 e. The van der Waals surface area contributed by atoms with Gasteiger partial charge in [-0.05, 0) is 24.1 Å². The van der Waals surface area contributed by atoms with Crippen LogP contribution in [0.15, 0.2) is 91.5 Å². The number of methoxy groups -OCH3 is 1. The maximum Gasteiger partial charge on any atom is 0.160 e. The predicted molar refractivity (Wildman–Crippen MR) is 112 cm³/mol. The van der Waals surface area contributed by atoms with Crippen molar-refractivity contribution in [1.29, 1.82) is 0 Å². The molecule has 0 bridgehead atoms. The maximum absolute atomic E-state index is 6.24. The number of benzene rings is 3. The summed E-state index contributed by atoms with van der Waals surface area (Å²) in [5.41, 5.74) is 1.17. The minimum absolute atomic E-state index is 0.686. The van der Waals surface area contributed by atoms with Gasteiger partial charge in [-0.1, -0.05) is 83.2 Å². The van der Waals surface area contributed by atoms with E-state index in [0.29, 0.717) is 6.23 Å². The normalized spacial score (nSPS) is 10.5. The summed E-state index contributed by atoms with van der Waals surface area (Å²) in [7, 11) is 0.212. The molecule has 0 aliphatic rings. The summed E-state index contributed by atoms with van der Waals surface area (Å²) < 4.78 is 11.8. The Hall–Kier alpha value is -2.78. The van der Waals surface area contributed by atoms with E-state index in [9.17, 15) is 0 Å². The van der Waals surface area contributed by atoms with Crippen LogP contribution in [0, 0.1) is 0 Å². The van der Waals surface area contributed by atoms with E-state index in [2.05, 4.69) is 73.3 Å². The predicted octanol–water partition coefficient (Wildman–Crippen LogP) is 3.38. The average molecular weight is 361 g/mol. The average Bonchev–Trinajstić information content (AvgIpc) is 2.71. The molecular formula is C23H24O2Si. The van der Waals surface area contributed by atoms with Crippen LogP contribution in [-0.4, -0.2) is 22.1 Å². The van der Waals surface area contributed by atoms with Crippen molar-refractivity contribution in [2.75, 3.05) is 13.3 Å². The molecule has 0 heterocycles. The van der Waals surface area contributed by atoms with E-state index in [1.165, 1.54) is 15.9 Å². The molecule has 132 valence electrons. The van der Waals surface area contributed by atoms with E-state index >= 15 is 0 Å². The zero-order valence-electron chi connectivity index (χ0n) is 15.1. The van der Waals surface area contributed by atoms with Crippen LogP contribution in [0.3, 0.4) is 0 Å². The van der Waals surface area contributed by atoms with Crippen molar-refractivity contribution in [3.8, 4) is 11.5 Å². The van der Waals surface area contributed by atoms with Gasteiger partial charge in [0.2, 0.25) is 0 Å². The molecular weight excluding hydrogens is 336 g/mol. The van der Waals surface area contributed by atoms with Crippen molar-refractivity contribution in [2.24, 2.45) is 0 Å². The van der Waals surface area contributed by atoms with Crippen molar-refractivity contribution in [3.63, 3.8) is 0 Å². The molecule has 0 saturated carbocycles. The van der Waals surface area contributed by atoms with Crippen molar-refractivity contribution in [3.05, 3.63) is 97.1 Å². The third-order valence-electron chi connectivity index (χ3n) is 4.42. The Kier molecular flexibility index (Phi) is 6.28. The zero-order valence-corrected chi connectivity index (χ0v) is 16.3. The van der Waals surface area contributed by atoms with Gasteiger partial charge in [0.15, 0.2) is 11.5 Å². The largest absolute Gasteiger partial charge is 0.493 e. The third-order valence-corrected chi connectivity index (χ3v) is 7.30. The second-order valence-electron chi connectivity index (χ2n) is 6.16. The minimum atomic E-state index is -1.47. The first-order valence-corrected chi connectivity index (χ1v) is 10.8. The first-order chi connectivity index (χ1) is 12.8. The molecule has 0 amide bonds. The lowest BCUT2D eigenvalue weighted by Gasteiger charge is -2.19. The van der Waals surface area contributed by atoms with Crippen LogP contribution in [0.5, 0.6) is 11.5 Å². The molecule has 26 heavy (non-hydrogen) atoms. The van der Waals surface area contributed by atoms with Gasteiger partial charge in [0.1, 0.15) is 8.80 Å². The van der Waals surface area contributed by atoms with Gasteiger partial charge in [0, 0.05) is 0 Å². The van der Waals surface area contributed by atoms with Gasteiger partial charge >= 0.3 is 0 Å². The molecule has 0 aliphatic carbocycles. The van der Waals surface area contributed by atoms with Crippen LogP contribution in [0.2, 0.25) is 0 Å². The molecule has 0 spiro atoms. The Morgan fingerprint density at radius 2 is 1.46 bits per heavy atom. The Morgan fingerprint density at radius 3 is 2.00 bits per heavy atom. The monoisotopic (exact) mass is 360 g/mol. The zero-order chi connectivity index (χ0) is 18.2. The Balaban J connectivity index is 1.83. The molecule has 3 aromatic rings. The Morgan fingerprint density at radius 1 is 0.846 bits per heavy atom. The van der Waals surface area contributed by atoms with Gasteiger partial charge < -0.3 is 9.47 Å². The fourth-order valence-electron chi connectivity index (χ4n) is 3.05. The molecule has 3 aromatic carbocycles. The molecule has 3 rings (SSSR count). The maximum atomic E-state index is 6.24. The minimum Gasteiger partial charge on any atom is -0.493 e. The fourth-order valence-corrected chi connectivity index (χ4v) is 5.54. The summed E-state index contributed by atoms with van der Waals surface area (Å²) in [5.74, 6) is 1.57. The second kappa shape index (κ2) is 9.06. The van der Waals surface area contributed by atoms with Crippen LogP contribution < -0.4 is 19.8 Å². The summed E-state index contributed by atoms with van der Waals surface area (Å²) >= 11 is 0. The Bertz CT molecular complexity index is 792. The van der Waals surface area contributed by atoms with Gasteiger partial charge in [-0.25, -0.2) is 0 Å². The van der Waals surface area contributed by atoms with E-state index in [1.807, 2.05) is 18.2 Å². The highest BCUT2D eigenvalue weighted by atomic mass is 28.3. The van der Waals surface area contributed by atoms with Crippen LogP contribution in [-0.2, 0) is 6.42 Å². The summed E-state index contributed by atoms with van der Waals surface area (Å²) in [4.78, 5) is 0. The fraction of sp³-hybridized carbons (Fsp3) is 0.130. The van der Waals surface area contributed by atoms with Gasteiger partial charge in [-0.2, -0.15) is 0 Å². The van der Waals surface area contributed by atoms with Crippen LogP contribution in [0.4, 0.5) is 0 Å². The molecule has 0 aromatic heterocycles. The van der Waals surface area contributed by atoms with E-state index < -0.39 is 8.80 Å². The summed E-state index contributed by atoms with van der Waals surface area (Å²) in [5, 5.41) is 2.75. The van der Waals surface area contributed by atoms with E-state index in [1.54, 1.807) is 7.11 Å². The number of allylic oxidation sites excluding steroid dienone is 1. The van der Waals surface area contributed by atoms with Crippen LogP contribution in [0.25, 0.3) is 0 Å². The van der Waals surface area contributed by atoms with Gasteiger partial charge in [0.25, 0.3) is 0 Å². The quantitative estimate of drug-likeness (QED) is 0.453. The molecule has 3 heteroatoms. The highest BCUT2D eigenvalue weighted by Gasteiger charge is 2.18. The summed E-state index contributed by atoms with van der Waals surface area (Å²) in [6.45, 7) is 3.79. The number of ether oxygens (including phenoxy) is 2. The molecule has 0 unspecified atom stereocenters. The molecule has 0 fully saturated rings. The van der Waals surface area contributed by atoms with Crippen molar-refractivity contribution < 1.29 is 9.47 Å². The highest BCUT2D eigenvalue weighted by molar-refractivity contribution is 6.85. The standard InChI is InChI=1S/C23H24O2Si/c1-3-10-19-15-16-22(23(17-19)24-2)25-18-26(20-11-6-4-7-12-20)21-13-8-5-9-14-21/h3-9,11-17,26H,1,10,18H2,2H3. The lowest BCUT2D eigenvalue weighted by atomic mass is 10.1. The van der Waals surface area contributed by atoms with Gasteiger partial charge in [-0.3, -0.25) is 0 Å². The molecule has 2 nitrogen and oxygen atoms in total. The molecule has 0 N–H and O–H groups in total. The number of rotatable bonds is 8. The van der Waals surface area contributed by atoms with Crippen LogP contribution >= 0.6 is 0 Å². The highest BCUT2D eigenvalue weighted by Crippen LogP contribution is 2.28. The molecule has 0 radical (unpaired) electrons. The Labute approximate surface area is 157 Å². The van der Waals surface area contributed by atoms with Crippen LogP contribution in [0.1, 0.15) is 5.56 Å². The third kappa shape index (κ3) is 4.44. The molecule has 0 atom stereocenters. The van der Waals surface area contributed by atoms with Gasteiger partial charge in [0.05, 0.1) is 13.3 Å². The molecule has 0 saturated heterocycles. The van der Waals surface area contributed by atoms with E-state index in [4.69, 9.17) is 9.47 Å². The first-order valence-electron chi connectivity index (χ1n) is 8.82. The number of hydrogen-bond donors (Lipinski definition) is 0. The number of hydrogen-bond acceptors (Lipinski definition) is 2. The summed E-state index contributed by atoms with van der Waals surface area (Å²) in [6.07, 6.45) is 3.40. The van der Waals surface area contributed by atoms with Crippen molar-refractivity contribution >= 4 is 19.2 Å². The van der Waals surface area contributed by atoms with Crippen molar-refractivity contribution in [1.82, 2.24) is 0 Å². The second-order valence-corrected chi connectivity index (χ2v) is 8.93. The van der Waals surface area contributed by atoms with E-state index in [-0.39, 0.29) is 0 Å². The topological polar surface area (TPSA) is 18.5 Å².